The molecular weight excluding hydrogens is 298 g/mol. The first-order valence-corrected chi connectivity index (χ1v) is 8.35. The Morgan fingerprint density at radius 1 is 0.917 bits per heavy atom. The second-order valence-electron chi connectivity index (χ2n) is 6.30. The summed E-state index contributed by atoms with van der Waals surface area (Å²) in [4.78, 5) is 0. The largest absolute Gasteiger partial charge is 0.491 e. The van der Waals surface area contributed by atoms with Crippen molar-refractivity contribution >= 4 is 0 Å². The van der Waals surface area contributed by atoms with Crippen molar-refractivity contribution in [2.45, 2.75) is 40.0 Å². The minimum atomic E-state index is 0.205. The lowest BCUT2D eigenvalue weighted by Gasteiger charge is -2.11. The molecule has 1 N–H and O–H groups in total. The molecule has 3 nitrogen and oxygen atoms in total. The van der Waals surface area contributed by atoms with Gasteiger partial charge in [-0.15, -0.1) is 0 Å². The van der Waals surface area contributed by atoms with Gasteiger partial charge in [0.2, 0.25) is 0 Å². The van der Waals surface area contributed by atoms with Crippen molar-refractivity contribution in [3.05, 3.63) is 71.8 Å². The van der Waals surface area contributed by atoms with Crippen LogP contribution in [-0.4, -0.2) is 12.7 Å². The fourth-order valence-electron chi connectivity index (χ4n) is 2.22. The summed E-state index contributed by atoms with van der Waals surface area (Å²) in [7, 11) is 0. The number of hydrogen-bond acceptors (Lipinski definition) is 3. The average molecular weight is 325 g/mol. The van der Waals surface area contributed by atoms with Gasteiger partial charge >= 0.3 is 0 Å². The Hall–Kier alpha value is -2.26. The van der Waals surface area contributed by atoms with Crippen LogP contribution in [0.5, 0.6) is 11.5 Å². The minimum Gasteiger partial charge on any atom is -0.491 e. The lowest BCUT2D eigenvalue weighted by molar-refractivity contribution is 0.242. The summed E-state index contributed by atoms with van der Waals surface area (Å²) in [6.45, 7) is 12.1. The molecule has 128 valence electrons. The van der Waals surface area contributed by atoms with Gasteiger partial charge in [-0.3, -0.25) is 0 Å². The fraction of sp³-hybridized carbons (Fsp3) is 0.333. The third kappa shape index (κ3) is 6.47. The molecule has 0 aliphatic carbocycles. The summed E-state index contributed by atoms with van der Waals surface area (Å²) in [5, 5.41) is 3.45. The van der Waals surface area contributed by atoms with Crippen LogP contribution >= 0.6 is 0 Å². The standard InChI is InChI=1S/C21H27NO2/c1-16(2)15-23-20-9-5-18(6-10-20)13-22-14-19-7-11-21(12-8-19)24-17(3)4/h5-12,17,22H,1,13-15H2,2-4H3. The summed E-state index contributed by atoms with van der Waals surface area (Å²) < 4.78 is 11.3. The monoisotopic (exact) mass is 325 g/mol. The SMILES string of the molecule is C=C(C)COc1ccc(CNCc2ccc(OC(C)C)cc2)cc1. The van der Waals surface area contributed by atoms with E-state index in [1.54, 1.807) is 0 Å². The molecule has 0 saturated heterocycles. The third-order valence-corrected chi connectivity index (χ3v) is 3.36. The summed E-state index contributed by atoms with van der Waals surface area (Å²) in [5.41, 5.74) is 3.50. The van der Waals surface area contributed by atoms with Crippen molar-refractivity contribution in [3.8, 4) is 11.5 Å². The molecule has 0 bridgehead atoms. The van der Waals surface area contributed by atoms with E-state index in [1.165, 1.54) is 11.1 Å². The highest BCUT2D eigenvalue weighted by Crippen LogP contribution is 2.15. The van der Waals surface area contributed by atoms with Crippen molar-refractivity contribution in [1.82, 2.24) is 5.32 Å². The van der Waals surface area contributed by atoms with Crippen LogP contribution in [0.1, 0.15) is 31.9 Å². The molecule has 2 rings (SSSR count). The van der Waals surface area contributed by atoms with Gasteiger partial charge in [0.25, 0.3) is 0 Å². The maximum absolute atomic E-state index is 5.65. The molecule has 24 heavy (non-hydrogen) atoms. The van der Waals surface area contributed by atoms with E-state index in [0.717, 1.165) is 30.2 Å². The maximum Gasteiger partial charge on any atom is 0.119 e. The molecule has 0 radical (unpaired) electrons. The first-order valence-electron chi connectivity index (χ1n) is 8.35. The van der Waals surface area contributed by atoms with Crippen molar-refractivity contribution in [3.63, 3.8) is 0 Å². The number of nitrogens with one attached hydrogen (secondary N) is 1. The molecular formula is C21H27NO2. The van der Waals surface area contributed by atoms with Crippen LogP contribution in [0.2, 0.25) is 0 Å². The van der Waals surface area contributed by atoms with Gasteiger partial charge in [-0.05, 0) is 61.7 Å². The molecule has 0 fully saturated rings. The van der Waals surface area contributed by atoms with E-state index in [1.807, 2.05) is 45.0 Å². The molecule has 0 aliphatic heterocycles. The Kier molecular flexibility index (Phi) is 6.89. The van der Waals surface area contributed by atoms with Gasteiger partial charge in [0, 0.05) is 13.1 Å². The maximum atomic E-state index is 5.65. The van der Waals surface area contributed by atoms with Gasteiger partial charge in [0.05, 0.1) is 6.10 Å². The van der Waals surface area contributed by atoms with E-state index < -0.39 is 0 Å². The highest BCUT2D eigenvalue weighted by molar-refractivity contribution is 5.29. The Balaban J connectivity index is 1.76. The van der Waals surface area contributed by atoms with Crippen LogP contribution in [0, 0.1) is 0 Å². The van der Waals surface area contributed by atoms with Crippen molar-refractivity contribution in [2.24, 2.45) is 0 Å². The number of benzene rings is 2. The smallest absolute Gasteiger partial charge is 0.119 e. The van der Waals surface area contributed by atoms with Gasteiger partial charge in [0.1, 0.15) is 18.1 Å². The summed E-state index contributed by atoms with van der Waals surface area (Å²) >= 11 is 0. The van der Waals surface area contributed by atoms with Crippen molar-refractivity contribution < 1.29 is 9.47 Å². The molecule has 0 unspecified atom stereocenters. The highest BCUT2D eigenvalue weighted by Gasteiger charge is 1.99. The predicted octanol–water partition coefficient (Wildman–Crippen LogP) is 4.72. The van der Waals surface area contributed by atoms with Crippen LogP contribution in [-0.2, 0) is 13.1 Å². The first kappa shape index (κ1) is 18.1. The Morgan fingerprint density at radius 3 is 1.88 bits per heavy atom. The van der Waals surface area contributed by atoms with Crippen LogP contribution in [0.3, 0.4) is 0 Å². The second kappa shape index (κ2) is 9.14. The lowest BCUT2D eigenvalue weighted by atomic mass is 10.2. The number of hydrogen-bond donors (Lipinski definition) is 1. The molecule has 0 amide bonds. The molecule has 2 aromatic rings. The third-order valence-electron chi connectivity index (χ3n) is 3.36. The van der Waals surface area contributed by atoms with E-state index >= 15 is 0 Å². The molecule has 2 aromatic carbocycles. The Bertz CT molecular complexity index is 630. The normalized spacial score (nSPS) is 10.7. The van der Waals surface area contributed by atoms with E-state index in [4.69, 9.17) is 9.47 Å². The van der Waals surface area contributed by atoms with E-state index in [9.17, 15) is 0 Å². The fourth-order valence-corrected chi connectivity index (χ4v) is 2.22. The molecule has 0 aliphatic rings. The zero-order chi connectivity index (χ0) is 17.4. The average Bonchev–Trinajstić information content (AvgIpc) is 2.55. The Morgan fingerprint density at radius 2 is 1.42 bits per heavy atom. The second-order valence-corrected chi connectivity index (χ2v) is 6.30. The zero-order valence-corrected chi connectivity index (χ0v) is 14.8. The quantitative estimate of drug-likeness (QED) is 0.677. The summed E-state index contributed by atoms with van der Waals surface area (Å²) in [6.07, 6.45) is 0.205. The zero-order valence-electron chi connectivity index (χ0n) is 14.8. The van der Waals surface area contributed by atoms with Crippen molar-refractivity contribution in [2.75, 3.05) is 6.61 Å². The molecule has 0 spiro atoms. The molecule has 0 aromatic heterocycles. The lowest BCUT2D eigenvalue weighted by Crippen LogP contribution is -2.12. The summed E-state index contributed by atoms with van der Waals surface area (Å²) in [5.74, 6) is 1.79. The number of ether oxygens (including phenoxy) is 2. The highest BCUT2D eigenvalue weighted by atomic mass is 16.5. The summed E-state index contributed by atoms with van der Waals surface area (Å²) in [6, 6.07) is 16.4. The molecule has 0 atom stereocenters. The van der Waals surface area contributed by atoms with Gasteiger partial charge in [0.15, 0.2) is 0 Å². The van der Waals surface area contributed by atoms with E-state index in [0.29, 0.717) is 6.61 Å². The van der Waals surface area contributed by atoms with Gasteiger partial charge in [-0.25, -0.2) is 0 Å². The van der Waals surface area contributed by atoms with Crippen LogP contribution in [0.25, 0.3) is 0 Å². The van der Waals surface area contributed by atoms with Crippen LogP contribution in [0.4, 0.5) is 0 Å². The number of rotatable bonds is 9. The van der Waals surface area contributed by atoms with Gasteiger partial charge < -0.3 is 14.8 Å². The molecule has 3 heteroatoms. The topological polar surface area (TPSA) is 30.5 Å². The van der Waals surface area contributed by atoms with Crippen LogP contribution in [0.15, 0.2) is 60.7 Å². The first-order chi connectivity index (χ1) is 11.5. The predicted molar refractivity (Wildman–Crippen MR) is 99.5 cm³/mol. The van der Waals surface area contributed by atoms with Crippen molar-refractivity contribution in [1.29, 1.82) is 0 Å². The minimum absolute atomic E-state index is 0.205. The molecule has 0 heterocycles. The van der Waals surface area contributed by atoms with E-state index in [2.05, 4.69) is 36.2 Å². The Labute approximate surface area is 145 Å². The van der Waals surface area contributed by atoms with Gasteiger partial charge in [-0.2, -0.15) is 0 Å². The molecule has 0 saturated carbocycles. The van der Waals surface area contributed by atoms with E-state index in [-0.39, 0.29) is 6.10 Å². The van der Waals surface area contributed by atoms with Crippen LogP contribution < -0.4 is 14.8 Å². The van der Waals surface area contributed by atoms with Gasteiger partial charge in [-0.1, -0.05) is 30.8 Å².